The van der Waals surface area contributed by atoms with Gasteiger partial charge >= 0.3 is 37.2 Å². The zero-order valence-electron chi connectivity index (χ0n) is 6.03. The van der Waals surface area contributed by atoms with Gasteiger partial charge in [-0.05, 0) is 6.42 Å². The topological polar surface area (TPSA) is 57.5 Å². The van der Waals surface area contributed by atoms with E-state index in [0.29, 0.717) is 6.42 Å². The normalized spacial score (nSPS) is 14.2. The van der Waals surface area contributed by atoms with Gasteiger partial charge in [-0.2, -0.15) is 0 Å². The fourth-order valence-electron chi connectivity index (χ4n) is 0.238. The number of hydrogen-bond donors (Lipinski definition) is 2. The zero-order chi connectivity index (χ0) is 6.78. The molecule has 1 atom stereocenters. The molecule has 0 heterocycles. The quantitative estimate of drug-likeness (QED) is 0.362. The van der Waals surface area contributed by atoms with Crippen molar-refractivity contribution in [2.45, 2.75) is 25.9 Å². The molecule has 3 nitrogen and oxygen atoms in total. The van der Waals surface area contributed by atoms with Crippen LogP contribution in [0.3, 0.4) is 0 Å². The van der Waals surface area contributed by atoms with Crippen LogP contribution in [-0.4, -0.2) is 15.4 Å². The van der Waals surface area contributed by atoms with Crippen molar-refractivity contribution in [2.75, 3.05) is 0 Å². The van der Waals surface area contributed by atoms with Crippen LogP contribution in [0.25, 0.3) is 0 Å². The first kappa shape index (κ1) is 12.8. The van der Waals surface area contributed by atoms with Crippen LogP contribution in [0, 0.1) is 0 Å². The van der Waals surface area contributed by atoms with Crippen molar-refractivity contribution in [3.63, 3.8) is 0 Å². The van der Waals surface area contributed by atoms with E-state index in [4.69, 9.17) is 9.79 Å². The van der Waals surface area contributed by atoms with E-state index in [1.807, 2.05) is 0 Å². The molecule has 0 bridgehead atoms. The van der Waals surface area contributed by atoms with Crippen molar-refractivity contribution in [3.05, 3.63) is 0 Å². The zero-order valence-corrected chi connectivity index (χ0v) is 8.93. The summed E-state index contributed by atoms with van der Waals surface area (Å²) in [6.07, 6.45) is 0.532. The average Bonchev–Trinajstić information content (AvgIpc) is 1.62. The summed E-state index contributed by atoms with van der Waals surface area (Å²) >= 11 is 0. The summed E-state index contributed by atoms with van der Waals surface area (Å²) in [6.45, 7) is 3.30. The third kappa shape index (κ3) is 5.59. The summed E-state index contributed by atoms with van der Waals surface area (Å²) in [6, 6.07) is 0. The number of rotatable bonds is 2. The fourth-order valence-corrected chi connectivity index (χ4v) is 0.714. The molecule has 0 amide bonds. The third-order valence-corrected chi connectivity index (χ3v) is 2.68. The second-order valence-corrected chi connectivity index (χ2v) is 3.91. The predicted octanol–water partition coefficient (Wildman–Crippen LogP) is -2.03. The van der Waals surface area contributed by atoms with Crippen molar-refractivity contribution in [1.29, 1.82) is 0 Å². The molecule has 0 aliphatic heterocycles. The van der Waals surface area contributed by atoms with Gasteiger partial charge in [0.05, 0.1) is 5.66 Å². The van der Waals surface area contributed by atoms with Crippen molar-refractivity contribution >= 4 is 7.60 Å². The van der Waals surface area contributed by atoms with E-state index in [0.717, 1.165) is 0 Å². The van der Waals surface area contributed by atoms with Crippen LogP contribution in [0.2, 0.25) is 0 Å². The average molecular weight is 161 g/mol. The molecule has 0 aliphatic rings. The third-order valence-electron chi connectivity index (χ3n) is 1.17. The molecule has 0 saturated carbocycles. The van der Waals surface area contributed by atoms with Gasteiger partial charge in [0.2, 0.25) is 0 Å². The van der Waals surface area contributed by atoms with E-state index in [-0.39, 0.29) is 29.6 Å². The number of hydrogen-bond acceptors (Lipinski definition) is 1. The molecule has 0 aromatic carbocycles. The van der Waals surface area contributed by atoms with Gasteiger partial charge in [-0.3, -0.25) is 4.57 Å². The maximum Gasteiger partial charge on any atom is 1.00 e. The monoisotopic (exact) mass is 161 g/mol. The van der Waals surface area contributed by atoms with Crippen molar-refractivity contribution in [3.8, 4) is 0 Å². The fraction of sp³-hybridized carbons (Fsp3) is 1.00. The molecule has 0 radical (unpaired) electrons. The minimum Gasteiger partial charge on any atom is -0.324 e. The molecule has 0 aromatic rings. The maximum atomic E-state index is 10.3. The van der Waals surface area contributed by atoms with Gasteiger partial charge < -0.3 is 9.79 Å². The van der Waals surface area contributed by atoms with E-state index in [9.17, 15) is 4.57 Å². The van der Waals surface area contributed by atoms with Gasteiger partial charge in [-0.15, -0.1) is 0 Å². The van der Waals surface area contributed by atoms with Crippen LogP contribution in [0.1, 0.15) is 20.3 Å². The second kappa shape index (κ2) is 4.89. The summed E-state index contributed by atoms with van der Waals surface area (Å²) in [5.74, 6) is 0. The Morgan fingerprint density at radius 3 is 1.89 bits per heavy atom. The summed E-state index contributed by atoms with van der Waals surface area (Å²) in [7, 11) is -3.76. The molecule has 0 saturated heterocycles. The van der Waals surface area contributed by atoms with Crippen LogP contribution in [-0.2, 0) is 4.57 Å². The first-order valence-corrected chi connectivity index (χ1v) is 4.22. The minimum absolute atomic E-state index is 0. The van der Waals surface area contributed by atoms with Crippen molar-refractivity contribution < 1.29 is 43.9 Å². The standard InChI is InChI=1S/C4H11O3P.Na/c1-3-4(2)8(5,6)7;/h4H,3H2,1-2H3,(H2,5,6,7);/q;+1. The van der Waals surface area contributed by atoms with Gasteiger partial charge in [0, 0.05) is 0 Å². The Bertz CT molecular complexity index is 110. The Balaban J connectivity index is 0. The van der Waals surface area contributed by atoms with Crippen LogP contribution in [0.15, 0.2) is 0 Å². The minimum atomic E-state index is -3.76. The van der Waals surface area contributed by atoms with E-state index in [2.05, 4.69) is 0 Å². The molecule has 0 rings (SSSR count). The summed E-state index contributed by atoms with van der Waals surface area (Å²) in [4.78, 5) is 16.8. The molecule has 2 N–H and O–H groups in total. The molecule has 0 fully saturated rings. The van der Waals surface area contributed by atoms with E-state index in [1.165, 1.54) is 0 Å². The molecule has 50 valence electrons. The van der Waals surface area contributed by atoms with Crippen molar-refractivity contribution in [1.82, 2.24) is 0 Å². The smallest absolute Gasteiger partial charge is 0.324 e. The van der Waals surface area contributed by atoms with Gasteiger partial charge in [0.1, 0.15) is 0 Å². The molecular weight excluding hydrogens is 150 g/mol. The van der Waals surface area contributed by atoms with Gasteiger partial charge in [0.15, 0.2) is 0 Å². The molecular formula is C4H11NaO3P+. The summed E-state index contributed by atoms with van der Waals surface area (Å²) in [5, 5.41) is 0. The second-order valence-electron chi connectivity index (χ2n) is 1.85. The Labute approximate surface area is 77.3 Å². The molecule has 5 heteroatoms. The first-order chi connectivity index (χ1) is 3.48. The Morgan fingerprint density at radius 2 is 1.89 bits per heavy atom. The molecule has 9 heavy (non-hydrogen) atoms. The Hall–Kier alpha value is 1.15. The van der Waals surface area contributed by atoms with E-state index >= 15 is 0 Å². The van der Waals surface area contributed by atoms with Crippen LogP contribution in [0.5, 0.6) is 0 Å². The van der Waals surface area contributed by atoms with Crippen molar-refractivity contribution in [2.24, 2.45) is 0 Å². The van der Waals surface area contributed by atoms with Gasteiger partial charge in [-0.1, -0.05) is 13.8 Å². The first-order valence-electron chi connectivity index (χ1n) is 2.53. The van der Waals surface area contributed by atoms with Crippen LogP contribution < -0.4 is 29.6 Å². The molecule has 0 spiro atoms. The molecule has 0 aliphatic carbocycles. The van der Waals surface area contributed by atoms with Crippen LogP contribution >= 0.6 is 7.60 Å². The SMILES string of the molecule is CCC(C)P(=O)(O)O.[Na+]. The Kier molecular flexibility index (Phi) is 6.95. The Morgan fingerprint density at radius 1 is 1.56 bits per heavy atom. The van der Waals surface area contributed by atoms with E-state index < -0.39 is 13.3 Å². The predicted molar refractivity (Wildman–Crippen MR) is 31.8 cm³/mol. The van der Waals surface area contributed by atoms with Gasteiger partial charge in [0.25, 0.3) is 0 Å². The maximum absolute atomic E-state index is 10.3. The largest absolute Gasteiger partial charge is 1.00 e. The molecule has 1 unspecified atom stereocenters. The summed E-state index contributed by atoms with van der Waals surface area (Å²) in [5.41, 5.74) is -0.484. The van der Waals surface area contributed by atoms with Crippen LogP contribution in [0.4, 0.5) is 0 Å². The van der Waals surface area contributed by atoms with Gasteiger partial charge in [-0.25, -0.2) is 0 Å². The van der Waals surface area contributed by atoms with E-state index in [1.54, 1.807) is 13.8 Å². The molecule has 0 aromatic heterocycles. The summed E-state index contributed by atoms with van der Waals surface area (Å²) < 4.78 is 10.3.